The number of benzene rings is 1. The van der Waals surface area contributed by atoms with Crippen molar-refractivity contribution in [2.45, 2.75) is 6.42 Å². The predicted molar refractivity (Wildman–Crippen MR) is 60.9 cm³/mol. The number of aromatic hydroxyl groups is 1. The highest BCUT2D eigenvalue weighted by Crippen LogP contribution is 2.28. The monoisotopic (exact) mass is 227 g/mol. The molecule has 4 N–H and O–H groups in total. The lowest BCUT2D eigenvalue weighted by Gasteiger charge is -2.09. The molecule has 0 aromatic heterocycles. The molecule has 0 unspecified atom stereocenters. The van der Waals surface area contributed by atoms with Gasteiger partial charge in [0.05, 0.1) is 13.2 Å². The Morgan fingerprint density at radius 3 is 2.62 bits per heavy atom. The SMILES string of the molecule is OCCCOc1ccc(NCCO)cc1O. The summed E-state index contributed by atoms with van der Waals surface area (Å²) in [6, 6.07) is 4.93. The minimum absolute atomic E-state index is 0.0372. The van der Waals surface area contributed by atoms with Gasteiger partial charge in [0.2, 0.25) is 0 Å². The van der Waals surface area contributed by atoms with Crippen molar-refractivity contribution in [1.82, 2.24) is 0 Å². The summed E-state index contributed by atoms with van der Waals surface area (Å²) in [6.45, 7) is 0.907. The lowest BCUT2D eigenvalue weighted by Crippen LogP contribution is -2.05. The minimum Gasteiger partial charge on any atom is -0.504 e. The van der Waals surface area contributed by atoms with Gasteiger partial charge in [-0.1, -0.05) is 0 Å². The van der Waals surface area contributed by atoms with Gasteiger partial charge in [-0.3, -0.25) is 0 Å². The third-order valence-electron chi connectivity index (χ3n) is 1.96. The lowest BCUT2D eigenvalue weighted by atomic mass is 10.2. The zero-order chi connectivity index (χ0) is 11.8. The second kappa shape index (κ2) is 6.92. The van der Waals surface area contributed by atoms with Gasteiger partial charge >= 0.3 is 0 Å². The van der Waals surface area contributed by atoms with Gasteiger partial charge in [0.25, 0.3) is 0 Å². The second-order valence-electron chi connectivity index (χ2n) is 3.26. The summed E-state index contributed by atoms with van der Waals surface area (Å²) in [5, 5.41) is 29.7. The number of nitrogens with one attached hydrogen (secondary N) is 1. The molecule has 0 amide bonds. The van der Waals surface area contributed by atoms with Crippen LogP contribution in [0.2, 0.25) is 0 Å². The van der Waals surface area contributed by atoms with E-state index in [0.29, 0.717) is 25.3 Å². The maximum absolute atomic E-state index is 9.60. The van der Waals surface area contributed by atoms with Crippen molar-refractivity contribution in [3.63, 3.8) is 0 Å². The van der Waals surface area contributed by atoms with Crippen molar-refractivity contribution in [3.8, 4) is 11.5 Å². The normalized spacial score (nSPS) is 10.1. The van der Waals surface area contributed by atoms with E-state index in [2.05, 4.69) is 5.32 Å². The first-order chi connectivity index (χ1) is 7.77. The maximum Gasteiger partial charge on any atom is 0.161 e. The zero-order valence-corrected chi connectivity index (χ0v) is 9.02. The molecule has 1 rings (SSSR count). The van der Waals surface area contributed by atoms with Crippen molar-refractivity contribution in [1.29, 1.82) is 0 Å². The number of hydrogen-bond donors (Lipinski definition) is 4. The topological polar surface area (TPSA) is 82.0 Å². The van der Waals surface area contributed by atoms with E-state index < -0.39 is 0 Å². The van der Waals surface area contributed by atoms with Gasteiger partial charge in [-0.05, 0) is 12.1 Å². The summed E-state index contributed by atoms with van der Waals surface area (Å²) in [7, 11) is 0. The average molecular weight is 227 g/mol. The first-order valence-electron chi connectivity index (χ1n) is 5.19. The van der Waals surface area contributed by atoms with Gasteiger partial charge in [0, 0.05) is 31.3 Å². The van der Waals surface area contributed by atoms with Crippen LogP contribution in [-0.2, 0) is 0 Å². The van der Waals surface area contributed by atoms with Gasteiger partial charge in [-0.15, -0.1) is 0 Å². The van der Waals surface area contributed by atoms with Crippen molar-refractivity contribution < 1.29 is 20.1 Å². The smallest absolute Gasteiger partial charge is 0.161 e. The van der Waals surface area contributed by atoms with Crippen molar-refractivity contribution in [3.05, 3.63) is 18.2 Å². The highest BCUT2D eigenvalue weighted by Gasteiger charge is 2.03. The van der Waals surface area contributed by atoms with Crippen LogP contribution in [0, 0.1) is 0 Å². The van der Waals surface area contributed by atoms with Crippen LogP contribution in [0.1, 0.15) is 6.42 Å². The number of aliphatic hydroxyl groups is 2. The van der Waals surface area contributed by atoms with Crippen molar-refractivity contribution in [2.75, 3.05) is 31.7 Å². The first kappa shape index (κ1) is 12.6. The molecule has 0 fully saturated rings. The van der Waals surface area contributed by atoms with E-state index in [4.69, 9.17) is 14.9 Å². The largest absolute Gasteiger partial charge is 0.504 e. The van der Waals surface area contributed by atoms with E-state index in [0.717, 1.165) is 5.69 Å². The standard InChI is InChI=1S/C11H17NO4/c13-5-1-7-16-11-3-2-9(8-10(11)15)12-4-6-14/h2-3,8,12-15H,1,4-7H2. The fourth-order valence-corrected chi connectivity index (χ4v) is 1.20. The van der Waals surface area contributed by atoms with Crippen LogP contribution in [0.3, 0.4) is 0 Å². The number of hydrogen-bond acceptors (Lipinski definition) is 5. The number of ether oxygens (including phenoxy) is 1. The van der Waals surface area contributed by atoms with Crippen LogP contribution in [0.5, 0.6) is 11.5 Å². The van der Waals surface area contributed by atoms with Gasteiger partial charge in [-0.2, -0.15) is 0 Å². The molecule has 0 radical (unpaired) electrons. The molecule has 0 spiro atoms. The third-order valence-corrected chi connectivity index (χ3v) is 1.96. The van der Waals surface area contributed by atoms with Gasteiger partial charge in [0.15, 0.2) is 11.5 Å². The molecular weight excluding hydrogens is 210 g/mol. The van der Waals surface area contributed by atoms with Crippen LogP contribution in [0.4, 0.5) is 5.69 Å². The summed E-state index contributed by atoms with van der Waals surface area (Å²) in [4.78, 5) is 0. The number of phenols is 1. The Morgan fingerprint density at radius 1 is 1.19 bits per heavy atom. The predicted octanol–water partition coefficient (Wildman–Crippen LogP) is 0.558. The van der Waals surface area contributed by atoms with Gasteiger partial charge in [-0.25, -0.2) is 0 Å². The molecule has 0 aliphatic rings. The minimum atomic E-state index is 0.0372. The molecule has 0 atom stereocenters. The van der Waals surface area contributed by atoms with Crippen LogP contribution >= 0.6 is 0 Å². The summed E-state index contributed by atoms with van der Waals surface area (Å²) in [5.74, 6) is 0.434. The molecule has 5 nitrogen and oxygen atoms in total. The lowest BCUT2D eigenvalue weighted by molar-refractivity contribution is 0.229. The van der Waals surface area contributed by atoms with Crippen LogP contribution < -0.4 is 10.1 Å². The molecule has 0 saturated heterocycles. The van der Waals surface area contributed by atoms with E-state index >= 15 is 0 Å². The second-order valence-corrected chi connectivity index (χ2v) is 3.26. The van der Waals surface area contributed by atoms with Crippen LogP contribution in [0.25, 0.3) is 0 Å². The number of rotatable bonds is 7. The van der Waals surface area contributed by atoms with Crippen molar-refractivity contribution in [2.24, 2.45) is 0 Å². The summed E-state index contributed by atoms with van der Waals surface area (Å²) in [5.41, 5.74) is 0.723. The molecule has 16 heavy (non-hydrogen) atoms. The van der Waals surface area contributed by atoms with E-state index in [1.165, 1.54) is 6.07 Å². The quantitative estimate of drug-likeness (QED) is 0.512. The zero-order valence-electron chi connectivity index (χ0n) is 9.02. The number of aliphatic hydroxyl groups excluding tert-OH is 2. The van der Waals surface area contributed by atoms with Crippen molar-refractivity contribution >= 4 is 5.69 Å². The molecule has 90 valence electrons. The maximum atomic E-state index is 9.60. The Bertz CT molecular complexity index is 317. The third kappa shape index (κ3) is 3.96. The molecule has 0 aliphatic heterocycles. The fourth-order valence-electron chi connectivity index (χ4n) is 1.20. The Balaban J connectivity index is 2.53. The Kier molecular flexibility index (Phi) is 5.45. The van der Waals surface area contributed by atoms with Gasteiger partial charge < -0.3 is 25.4 Å². The molecule has 1 aromatic carbocycles. The molecule has 0 heterocycles. The molecule has 0 aliphatic carbocycles. The van der Waals surface area contributed by atoms with E-state index in [-0.39, 0.29) is 19.0 Å². The van der Waals surface area contributed by atoms with E-state index in [9.17, 15) is 5.11 Å². The average Bonchev–Trinajstić information content (AvgIpc) is 2.29. The summed E-state index contributed by atoms with van der Waals surface area (Å²) < 4.78 is 5.25. The van der Waals surface area contributed by atoms with Crippen LogP contribution in [0.15, 0.2) is 18.2 Å². The first-order valence-corrected chi connectivity index (χ1v) is 5.19. The van der Waals surface area contributed by atoms with Crippen LogP contribution in [-0.4, -0.2) is 41.7 Å². The highest BCUT2D eigenvalue weighted by atomic mass is 16.5. The molecular formula is C11H17NO4. The highest BCUT2D eigenvalue weighted by molar-refractivity contribution is 5.54. The molecule has 5 heteroatoms. The molecule has 1 aromatic rings. The van der Waals surface area contributed by atoms with E-state index in [1.54, 1.807) is 12.1 Å². The fraction of sp³-hybridized carbons (Fsp3) is 0.455. The molecule has 0 bridgehead atoms. The molecule has 0 saturated carbocycles. The summed E-state index contributed by atoms with van der Waals surface area (Å²) >= 11 is 0. The Labute approximate surface area is 94.3 Å². The number of anilines is 1. The number of phenolic OH excluding ortho intramolecular Hbond substituents is 1. The van der Waals surface area contributed by atoms with E-state index in [1.807, 2.05) is 0 Å². The van der Waals surface area contributed by atoms with Gasteiger partial charge in [0.1, 0.15) is 0 Å². The Hall–Kier alpha value is -1.46. The Morgan fingerprint density at radius 2 is 2.00 bits per heavy atom. The summed E-state index contributed by atoms with van der Waals surface area (Å²) in [6.07, 6.45) is 0.532.